The van der Waals surface area contributed by atoms with Gasteiger partial charge in [-0.05, 0) is 30.9 Å². The van der Waals surface area contributed by atoms with E-state index in [0.717, 1.165) is 5.56 Å². The van der Waals surface area contributed by atoms with Crippen molar-refractivity contribution in [3.05, 3.63) is 47.5 Å². The van der Waals surface area contributed by atoms with Gasteiger partial charge in [0.05, 0.1) is 12.1 Å². The maximum atomic E-state index is 13.7. The van der Waals surface area contributed by atoms with Crippen molar-refractivity contribution in [3.63, 3.8) is 0 Å². The van der Waals surface area contributed by atoms with Crippen LogP contribution >= 0.6 is 0 Å². The van der Waals surface area contributed by atoms with Crippen molar-refractivity contribution in [3.8, 4) is 0 Å². The van der Waals surface area contributed by atoms with E-state index in [1.54, 1.807) is 25.1 Å². The molecule has 0 saturated heterocycles. The zero-order valence-electron chi connectivity index (χ0n) is 22.4. The van der Waals surface area contributed by atoms with Crippen LogP contribution in [0.2, 0.25) is 0 Å². The van der Waals surface area contributed by atoms with Crippen LogP contribution in [0.4, 0.5) is 0 Å². The van der Waals surface area contributed by atoms with E-state index in [0.29, 0.717) is 0 Å². The largest absolute Gasteiger partial charge is 0.478 e. The van der Waals surface area contributed by atoms with Crippen LogP contribution < -0.4 is 10.6 Å². The Morgan fingerprint density at radius 3 is 1.94 bits per heavy atom. The van der Waals surface area contributed by atoms with Crippen LogP contribution in [-0.4, -0.2) is 60.0 Å². The number of carboxylic acids is 1. The normalized spacial score (nSPS) is 15.4. The predicted molar refractivity (Wildman–Crippen MR) is 136 cm³/mol. The van der Waals surface area contributed by atoms with Crippen molar-refractivity contribution < 1.29 is 19.5 Å². The number of likely N-dealkylation sites (N-methyl/N-ethyl adjacent to an activating group) is 2. The number of benzene rings is 1. The second-order valence-electron chi connectivity index (χ2n) is 11.0. The second-order valence-corrected chi connectivity index (χ2v) is 11.0. The minimum Gasteiger partial charge on any atom is -0.478 e. The molecule has 3 N–H and O–H groups in total. The first-order valence-electron chi connectivity index (χ1n) is 11.8. The minimum atomic E-state index is -1.02. The Bertz CT molecular complexity index is 885. The molecule has 0 aromatic heterocycles. The highest BCUT2D eigenvalue weighted by atomic mass is 16.4. The molecular formula is C27H43N3O4. The molecule has 1 aromatic rings. The lowest BCUT2D eigenvalue weighted by Crippen LogP contribution is -2.61. The topological polar surface area (TPSA) is 98.7 Å². The Morgan fingerprint density at radius 1 is 1.00 bits per heavy atom. The third-order valence-corrected chi connectivity index (χ3v) is 6.43. The number of hydrogen-bond donors (Lipinski definition) is 3. The van der Waals surface area contributed by atoms with E-state index in [4.69, 9.17) is 0 Å². The molecule has 7 nitrogen and oxygen atoms in total. The van der Waals surface area contributed by atoms with Crippen molar-refractivity contribution in [2.24, 2.45) is 11.3 Å². The second kappa shape index (κ2) is 11.6. The average molecular weight is 474 g/mol. The van der Waals surface area contributed by atoms with Gasteiger partial charge in [0.1, 0.15) is 6.04 Å². The fourth-order valence-electron chi connectivity index (χ4n) is 4.16. The smallest absolute Gasteiger partial charge is 0.331 e. The molecule has 34 heavy (non-hydrogen) atoms. The molecule has 0 aliphatic heterocycles. The molecular weight excluding hydrogens is 430 g/mol. The maximum Gasteiger partial charge on any atom is 0.331 e. The number of carbonyl (C=O) groups is 3. The van der Waals surface area contributed by atoms with Crippen LogP contribution in [0.5, 0.6) is 0 Å². The van der Waals surface area contributed by atoms with E-state index in [-0.39, 0.29) is 23.3 Å². The Balaban J connectivity index is 3.29. The van der Waals surface area contributed by atoms with E-state index in [2.05, 4.69) is 10.6 Å². The molecule has 2 amide bonds. The highest BCUT2D eigenvalue weighted by Gasteiger charge is 2.41. The Morgan fingerprint density at radius 2 is 1.53 bits per heavy atom. The van der Waals surface area contributed by atoms with Gasteiger partial charge >= 0.3 is 5.97 Å². The monoisotopic (exact) mass is 473 g/mol. The van der Waals surface area contributed by atoms with E-state index in [1.165, 1.54) is 6.92 Å². The Kier molecular flexibility index (Phi) is 10.1. The van der Waals surface area contributed by atoms with E-state index in [1.807, 2.05) is 78.8 Å². The summed E-state index contributed by atoms with van der Waals surface area (Å²) in [6, 6.07) is 7.99. The summed E-state index contributed by atoms with van der Waals surface area (Å²) in [6.07, 6.45) is 1.60. The predicted octanol–water partition coefficient (Wildman–Crippen LogP) is 3.60. The number of nitrogens with zero attached hydrogens (tertiary/aromatic N) is 1. The van der Waals surface area contributed by atoms with Crippen molar-refractivity contribution >= 4 is 17.8 Å². The zero-order valence-corrected chi connectivity index (χ0v) is 22.4. The summed E-state index contributed by atoms with van der Waals surface area (Å²) in [5, 5.41) is 15.5. The fourth-order valence-corrected chi connectivity index (χ4v) is 4.16. The van der Waals surface area contributed by atoms with Crippen molar-refractivity contribution in [1.82, 2.24) is 15.5 Å². The van der Waals surface area contributed by atoms with Crippen molar-refractivity contribution in [1.29, 1.82) is 0 Å². The van der Waals surface area contributed by atoms with E-state index >= 15 is 0 Å². The average Bonchev–Trinajstić information content (AvgIpc) is 2.74. The number of aliphatic carboxylic acids is 1. The molecule has 2 unspecified atom stereocenters. The minimum absolute atomic E-state index is 0.0124. The van der Waals surface area contributed by atoms with Crippen LogP contribution in [-0.2, 0) is 19.8 Å². The first-order valence-corrected chi connectivity index (χ1v) is 11.8. The van der Waals surface area contributed by atoms with Crippen LogP contribution in [0.25, 0.3) is 0 Å². The van der Waals surface area contributed by atoms with Crippen LogP contribution in [0.3, 0.4) is 0 Å². The maximum absolute atomic E-state index is 13.7. The lowest BCUT2D eigenvalue weighted by molar-refractivity contribution is -0.141. The summed E-state index contributed by atoms with van der Waals surface area (Å²) in [4.78, 5) is 40.1. The third-order valence-electron chi connectivity index (χ3n) is 6.43. The van der Waals surface area contributed by atoms with Gasteiger partial charge in [-0.25, -0.2) is 4.79 Å². The highest BCUT2D eigenvalue weighted by Crippen LogP contribution is 2.29. The Labute approximate surface area is 205 Å². The quantitative estimate of drug-likeness (QED) is 0.451. The van der Waals surface area contributed by atoms with Gasteiger partial charge in [-0.1, -0.05) is 84.9 Å². The SMILES string of the molecule is CNC(C(=O)NC(C(=O)N(C)[C@H](/C=C(\C)C(=O)O)C(C)C)C(C)(C)C)C(C)(C)c1ccccc1. The number of amides is 2. The Hall–Kier alpha value is -2.67. The standard InChI is InChI=1S/C27H43N3O4/c1-17(2)20(16-18(3)25(33)34)30(10)24(32)22(26(4,5)6)29-23(31)21(28-9)27(7,8)19-14-12-11-13-15-19/h11-17,20-22,28H,1-10H3,(H,29,31)(H,33,34)/b18-16+/t20-,21?,22?/m1/s1. The molecule has 0 aliphatic carbocycles. The summed E-state index contributed by atoms with van der Waals surface area (Å²) in [5.74, 6) is -1.56. The van der Waals surface area contributed by atoms with Gasteiger partial charge in [0.25, 0.3) is 0 Å². The van der Waals surface area contributed by atoms with Crippen LogP contribution in [0, 0.1) is 11.3 Å². The molecule has 0 aliphatic rings. The lowest BCUT2D eigenvalue weighted by atomic mass is 9.76. The molecule has 3 atom stereocenters. The van der Waals surface area contributed by atoms with Gasteiger partial charge in [-0.3, -0.25) is 9.59 Å². The van der Waals surface area contributed by atoms with Gasteiger partial charge in [-0.2, -0.15) is 0 Å². The number of carbonyl (C=O) groups excluding carboxylic acids is 2. The van der Waals surface area contributed by atoms with E-state index < -0.39 is 34.9 Å². The lowest BCUT2D eigenvalue weighted by Gasteiger charge is -2.39. The number of nitrogens with one attached hydrogen (secondary N) is 2. The molecule has 0 spiro atoms. The summed E-state index contributed by atoms with van der Waals surface area (Å²) in [7, 11) is 3.40. The molecule has 190 valence electrons. The first-order chi connectivity index (χ1) is 15.5. The number of rotatable bonds is 10. The van der Waals surface area contributed by atoms with Crippen LogP contribution in [0.15, 0.2) is 42.0 Å². The van der Waals surface area contributed by atoms with Gasteiger partial charge in [0.15, 0.2) is 0 Å². The summed E-state index contributed by atoms with van der Waals surface area (Å²) in [6.45, 7) is 15.1. The van der Waals surface area contributed by atoms with Gasteiger partial charge < -0.3 is 20.6 Å². The van der Waals surface area contributed by atoms with Gasteiger partial charge in [0.2, 0.25) is 11.8 Å². The number of carboxylic acid groups (broad SMARTS) is 1. The highest BCUT2D eigenvalue weighted by molar-refractivity contribution is 5.91. The molecule has 1 rings (SSSR count). The van der Waals surface area contributed by atoms with Gasteiger partial charge in [0, 0.05) is 18.0 Å². The molecule has 1 aromatic carbocycles. The molecule has 0 radical (unpaired) electrons. The van der Waals surface area contributed by atoms with Gasteiger partial charge in [-0.15, -0.1) is 0 Å². The molecule has 0 bridgehead atoms. The number of hydrogen-bond acceptors (Lipinski definition) is 4. The van der Waals surface area contributed by atoms with Crippen LogP contribution in [0.1, 0.15) is 61.0 Å². The van der Waals surface area contributed by atoms with Crippen molar-refractivity contribution in [2.45, 2.75) is 78.9 Å². The fraction of sp³-hybridized carbons (Fsp3) is 0.593. The molecule has 0 fully saturated rings. The third kappa shape index (κ3) is 7.16. The van der Waals surface area contributed by atoms with E-state index in [9.17, 15) is 19.5 Å². The summed E-state index contributed by atoms with van der Waals surface area (Å²) < 4.78 is 0. The van der Waals surface area contributed by atoms with Crippen molar-refractivity contribution in [2.75, 3.05) is 14.1 Å². The summed E-state index contributed by atoms with van der Waals surface area (Å²) >= 11 is 0. The zero-order chi connectivity index (χ0) is 26.4. The first kappa shape index (κ1) is 29.4. The molecule has 0 saturated carbocycles. The molecule has 7 heteroatoms. The summed E-state index contributed by atoms with van der Waals surface area (Å²) in [5.41, 5.74) is 0.0895. The molecule has 0 heterocycles.